The summed E-state index contributed by atoms with van der Waals surface area (Å²) < 4.78 is 11.8. The highest BCUT2D eigenvalue weighted by atomic mass is 16.5. The number of methoxy groups -OCH3 is 1. The number of carbonyl (C=O) groups excluding carboxylic acids is 1. The van der Waals surface area contributed by atoms with Crippen molar-refractivity contribution in [1.29, 1.82) is 0 Å². The lowest BCUT2D eigenvalue weighted by atomic mass is 10.2. The van der Waals surface area contributed by atoms with Crippen molar-refractivity contribution < 1.29 is 13.9 Å². The van der Waals surface area contributed by atoms with Crippen LogP contribution in [0.15, 0.2) is 51.7 Å². The number of hydrogen-bond acceptors (Lipinski definition) is 6. The Morgan fingerprint density at radius 3 is 2.78 bits per heavy atom. The first-order valence-electron chi connectivity index (χ1n) is 8.31. The molecule has 3 N–H and O–H groups in total. The summed E-state index contributed by atoms with van der Waals surface area (Å²) in [5, 5.41) is 6.94. The minimum Gasteiger partial charge on any atom is -0.496 e. The van der Waals surface area contributed by atoms with Gasteiger partial charge in [-0.3, -0.25) is 9.59 Å². The van der Waals surface area contributed by atoms with Crippen molar-refractivity contribution in [3.63, 3.8) is 0 Å². The summed E-state index contributed by atoms with van der Waals surface area (Å²) in [6, 6.07) is 12.3. The molecule has 3 aromatic rings. The molecule has 1 aromatic carbocycles. The molecular weight excluding hydrogens is 348 g/mol. The maximum atomic E-state index is 12.3. The van der Waals surface area contributed by atoms with Crippen LogP contribution in [0.2, 0.25) is 0 Å². The summed E-state index contributed by atoms with van der Waals surface area (Å²) in [5.41, 5.74) is 6.45. The Morgan fingerprint density at radius 1 is 1.30 bits per heavy atom. The van der Waals surface area contributed by atoms with Gasteiger partial charge in [-0.25, -0.2) is 4.68 Å². The number of hydrogen-bond donors (Lipinski definition) is 2. The van der Waals surface area contributed by atoms with E-state index in [-0.39, 0.29) is 24.7 Å². The number of nitrogen functional groups attached to an aromatic ring is 1. The third-order valence-corrected chi connectivity index (χ3v) is 3.96. The lowest BCUT2D eigenvalue weighted by Crippen LogP contribution is -2.34. The van der Waals surface area contributed by atoms with Gasteiger partial charge in [0.1, 0.15) is 29.4 Å². The number of furan rings is 1. The van der Waals surface area contributed by atoms with Crippen molar-refractivity contribution in [3.8, 4) is 17.2 Å². The summed E-state index contributed by atoms with van der Waals surface area (Å²) >= 11 is 0. The van der Waals surface area contributed by atoms with Crippen molar-refractivity contribution >= 4 is 11.6 Å². The summed E-state index contributed by atoms with van der Waals surface area (Å²) in [4.78, 5) is 24.5. The standard InChI is InChI=1S/C19H20N4O4/c1-12-7-8-17(27-12)15-9-14(20)19(25)23(22-15)11-18(24)21-10-13-5-3-4-6-16(13)26-2/h3-9H,10-11,20H2,1-2H3,(H,21,24). The second kappa shape index (κ2) is 7.77. The van der Waals surface area contributed by atoms with Crippen molar-refractivity contribution in [2.45, 2.75) is 20.0 Å². The number of nitrogens with two attached hydrogens (primary N) is 1. The van der Waals surface area contributed by atoms with E-state index < -0.39 is 5.56 Å². The molecule has 8 heteroatoms. The Bertz CT molecular complexity index is 1020. The van der Waals surface area contributed by atoms with Crippen LogP contribution >= 0.6 is 0 Å². The first-order chi connectivity index (χ1) is 13.0. The van der Waals surface area contributed by atoms with Gasteiger partial charge in [-0.1, -0.05) is 18.2 Å². The minimum atomic E-state index is -0.533. The monoisotopic (exact) mass is 368 g/mol. The number of nitrogens with zero attached hydrogens (tertiary/aromatic N) is 2. The van der Waals surface area contributed by atoms with E-state index >= 15 is 0 Å². The van der Waals surface area contributed by atoms with Crippen molar-refractivity contribution in [3.05, 3.63) is 64.1 Å². The average molecular weight is 368 g/mol. The first-order valence-corrected chi connectivity index (χ1v) is 8.31. The first kappa shape index (κ1) is 18.2. The number of amides is 1. The van der Waals surface area contributed by atoms with E-state index in [9.17, 15) is 9.59 Å². The fraction of sp³-hybridized carbons (Fsp3) is 0.211. The van der Waals surface area contributed by atoms with Crippen LogP contribution in [0.1, 0.15) is 11.3 Å². The fourth-order valence-corrected chi connectivity index (χ4v) is 2.60. The molecule has 0 aliphatic rings. The minimum absolute atomic E-state index is 0.00779. The van der Waals surface area contributed by atoms with Crippen LogP contribution in [0, 0.1) is 6.92 Å². The number of aryl methyl sites for hydroxylation is 1. The second-order valence-corrected chi connectivity index (χ2v) is 5.95. The summed E-state index contributed by atoms with van der Waals surface area (Å²) in [6.45, 7) is 1.81. The number of nitrogens with one attached hydrogen (secondary N) is 1. The number of benzene rings is 1. The average Bonchev–Trinajstić information content (AvgIpc) is 3.10. The van der Waals surface area contributed by atoms with E-state index in [0.717, 1.165) is 10.2 Å². The van der Waals surface area contributed by atoms with Gasteiger partial charge in [0, 0.05) is 12.1 Å². The Kier molecular flexibility index (Phi) is 5.25. The molecule has 8 nitrogen and oxygen atoms in total. The molecule has 0 radical (unpaired) electrons. The molecule has 0 atom stereocenters. The molecule has 0 spiro atoms. The van der Waals surface area contributed by atoms with Gasteiger partial charge in [-0.2, -0.15) is 5.10 Å². The summed E-state index contributed by atoms with van der Waals surface area (Å²) in [6.07, 6.45) is 0. The molecule has 3 rings (SSSR count). The van der Waals surface area contributed by atoms with Crippen LogP contribution in [0.4, 0.5) is 5.69 Å². The summed E-state index contributed by atoms with van der Waals surface area (Å²) in [7, 11) is 1.56. The molecule has 0 unspecified atom stereocenters. The number of anilines is 1. The molecule has 0 aliphatic carbocycles. The topological polar surface area (TPSA) is 112 Å². The SMILES string of the molecule is COc1ccccc1CNC(=O)Cn1nc(-c2ccc(C)o2)cc(N)c1=O. The number of para-hydroxylation sites is 1. The zero-order valence-corrected chi connectivity index (χ0v) is 15.1. The maximum absolute atomic E-state index is 12.3. The molecule has 0 fully saturated rings. The Hall–Kier alpha value is -3.55. The van der Waals surface area contributed by atoms with Crippen LogP contribution in [-0.4, -0.2) is 22.8 Å². The van der Waals surface area contributed by atoms with Gasteiger partial charge in [0.2, 0.25) is 5.91 Å². The van der Waals surface area contributed by atoms with Crippen molar-refractivity contribution in [2.75, 3.05) is 12.8 Å². The molecule has 2 aromatic heterocycles. The maximum Gasteiger partial charge on any atom is 0.290 e. The third kappa shape index (κ3) is 4.17. The molecule has 2 heterocycles. The number of rotatable bonds is 6. The predicted molar refractivity (Wildman–Crippen MR) is 100 cm³/mol. The van der Waals surface area contributed by atoms with Gasteiger partial charge in [0.05, 0.1) is 7.11 Å². The van der Waals surface area contributed by atoms with Gasteiger partial charge < -0.3 is 20.2 Å². The molecular formula is C19H20N4O4. The van der Waals surface area contributed by atoms with Gasteiger partial charge >= 0.3 is 0 Å². The smallest absolute Gasteiger partial charge is 0.290 e. The molecule has 0 saturated heterocycles. The van der Waals surface area contributed by atoms with E-state index in [4.69, 9.17) is 14.9 Å². The number of ether oxygens (including phenoxy) is 1. The molecule has 140 valence electrons. The molecule has 27 heavy (non-hydrogen) atoms. The van der Waals surface area contributed by atoms with Gasteiger partial charge in [0.25, 0.3) is 5.56 Å². The third-order valence-electron chi connectivity index (χ3n) is 3.96. The van der Waals surface area contributed by atoms with E-state index in [2.05, 4.69) is 10.4 Å². The Morgan fingerprint density at radius 2 is 2.07 bits per heavy atom. The number of aromatic nitrogens is 2. The quantitative estimate of drug-likeness (QED) is 0.685. The zero-order valence-electron chi connectivity index (χ0n) is 15.1. The fourth-order valence-electron chi connectivity index (χ4n) is 2.60. The Balaban J connectivity index is 1.75. The highest BCUT2D eigenvalue weighted by Gasteiger charge is 2.13. The van der Waals surface area contributed by atoms with Crippen molar-refractivity contribution in [2.24, 2.45) is 0 Å². The zero-order chi connectivity index (χ0) is 19.4. The lowest BCUT2D eigenvalue weighted by Gasteiger charge is -2.11. The van der Waals surface area contributed by atoms with Gasteiger partial charge in [-0.05, 0) is 31.2 Å². The second-order valence-electron chi connectivity index (χ2n) is 5.95. The summed E-state index contributed by atoms with van der Waals surface area (Å²) in [5.74, 6) is 1.48. The van der Waals surface area contributed by atoms with Crippen molar-refractivity contribution in [1.82, 2.24) is 15.1 Å². The highest BCUT2D eigenvalue weighted by Crippen LogP contribution is 2.20. The van der Waals surface area contributed by atoms with E-state index in [0.29, 0.717) is 23.0 Å². The lowest BCUT2D eigenvalue weighted by molar-refractivity contribution is -0.122. The van der Waals surface area contributed by atoms with Crippen LogP contribution in [0.3, 0.4) is 0 Å². The predicted octanol–water partition coefficient (Wildman–Crippen LogP) is 1.72. The van der Waals surface area contributed by atoms with E-state index in [1.807, 2.05) is 24.3 Å². The van der Waals surface area contributed by atoms with Gasteiger partial charge in [0.15, 0.2) is 5.76 Å². The molecule has 0 aliphatic heterocycles. The van der Waals surface area contributed by atoms with Crippen LogP contribution in [-0.2, 0) is 17.9 Å². The largest absolute Gasteiger partial charge is 0.496 e. The Labute approximate surface area is 155 Å². The van der Waals surface area contributed by atoms with Gasteiger partial charge in [-0.15, -0.1) is 0 Å². The van der Waals surface area contributed by atoms with E-state index in [1.54, 1.807) is 26.2 Å². The normalized spacial score (nSPS) is 10.6. The number of carbonyl (C=O) groups is 1. The molecule has 1 amide bonds. The van der Waals surface area contributed by atoms with E-state index in [1.165, 1.54) is 6.07 Å². The van der Waals surface area contributed by atoms with Crippen LogP contribution in [0.5, 0.6) is 5.75 Å². The molecule has 0 saturated carbocycles. The van der Waals surface area contributed by atoms with Crippen LogP contribution < -0.4 is 21.3 Å². The molecule has 0 bridgehead atoms. The highest BCUT2D eigenvalue weighted by molar-refractivity contribution is 5.75. The van der Waals surface area contributed by atoms with Crippen LogP contribution in [0.25, 0.3) is 11.5 Å².